The van der Waals surface area contributed by atoms with Gasteiger partial charge in [-0.05, 0) is 46.1 Å². The first-order valence-electron chi connectivity index (χ1n) is 7.67. The van der Waals surface area contributed by atoms with Crippen molar-refractivity contribution < 1.29 is 11.6 Å². The average molecular weight is 299 g/mol. The Morgan fingerprint density at radius 2 is 1.55 bits per heavy atom. The molecule has 3 nitrogen and oxygen atoms in total. The van der Waals surface area contributed by atoms with E-state index in [-0.39, 0.29) is 8.03 Å². The number of hydrogen-bond acceptors (Lipinski definition) is 3. The molecule has 0 fully saturated rings. The Morgan fingerprint density at radius 3 is 1.95 bits per heavy atom. The van der Waals surface area contributed by atoms with Crippen LogP contribution >= 0.6 is 0 Å². The van der Waals surface area contributed by atoms with Gasteiger partial charge in [0.2, 0.25) is 0 Å². The van der Waals surface area contributed by atoms with Crippen LogP contribution in [0.4, 0.5) is 0 Å². The van der Waals surface area contributed by atoms with E-state index in [2.05, 4.69) is 42.1 Å². The standard InChI is InChI=1S/C15H12O2.C4H11N.H2/c16-17-10-15-13-7-3-1-5-11(13)9-12-6-2-4-8-14(12)15;1-2-3-4-5;/h1-9,16H,10H2;2-5H2,1H3;1H. The quantitative estimate of drug-likeness (QED) is 0.406. The van der Waals surface area contributed by atoms with Crippen LogP contribution in [0.15, 0.2) is 54.6 Å². The molecule has 0 aliphatic heterocycles. The van der Waals surface area contributed by atoms with Crippen LogP contribution in [-0.4, -0.2) is 11.8 Å². The summed E-state index contributed by atoms with van der Waals surface area (Å²) in [6, 6.07) is 18.4. The molecule has 22 heavy (non-hydrogen) atoms. The van der Waals surface area contributed by atoms with Gasteiger partial charge in [-0.25, -0.2) is 4.89 Å². The van der Waals surface area contributed by atoms with Crippen molar-refractivity contribution in [2.24, 2.45) is 5.73 Å². The number of unbranched alkanes of at least 4 members (excludes halogenated alkanes) is 1. The summed E-state index contributed by atoms with van der Waals surface area (Å²) in [7, 11) is 0. The molecule has 0 aromatic heterocycles. The van der Waals surface area contributed by atoms with Crippen LogP contribution in [-0.2, 0) is 11.5 Å². The topological polar surface area (TPSA) is 55.5 Å². The van der Waals surface area contributed by atoms with Crippen LogP contribution in [0.25, 0.3) is 21.5 Å². The summed E-state index contributed by atoms with van der Waals surface area (Å²) in [6.07, 6.45) is 2.39. The van der Waals surface area contributed by atoms with E-state index < -0.39 is 0 Å². The van der Waals surface area contributed by atoms with Crippen molar-refractivity contribution in [3.05, 3.63) is 60.2 Å². The number of benzene rings is 3. The smallest absolute Gasteiger partial charge is 0.108 e. The molecule has 3 aromatic rings. The zero-order valence-electron chi connectivity index (χ0n) is 13.0. The Morgan fingerprint density at radius 1 is 1.00 bits per heavy atom. The highest BCUT2D eigenvalue weighted by Crippen LogP contribution is 2.28. The minimum Gasteiger partial charge on any atom is -0.330 e. The highest BCUT2D eigenvalue weighted by molar-refractivity contribution is 6.02. The molecule has 0 radical (unpaired) electrons. The molecule has 0 aliphatic rings. The molecule has 118 valence electrons. The third kappa shape index (κ3) is 3.83. The molecular weight excluding hydrogens is 274 g/mol. The largest absolute Gasteiger partial charge is 0.330 e. The maximum absolute atomic E-state index is 8.74. The van der Waals surface area contributed by atoms with Gasteiger partial charge in [-0.1, -0.05) is 61.9 Å². The Hall–Kier alpha value is -1.94. The van der Waals surface area contributed by atoms with Gasteiger partial charge < -0.3 is 5.73 Å². The van der Waals surface area contributed by atoms with E-state index in [0.29, 0.717) is 0 Å². The van der Waals surface area contributed by atoms with Crippen molar-refractivity contribution >= 4 is 21.5 Å². The summed E-state index contributed by atoms with van der Waals surface area (Å²) >= 11 is 0. The van der Waals surface area contributed by atoms with Crippen molar-refractivity contribution in [1.82, 2.24) is 0 Å². The van der Waals surface area contributed by atoms with Crippen LogP contribution < -0.4 is 5.73 Å². The lowest BCUT2D eigenvalue weighted by atomic mass is 9.97. The van der Waals surface area contributed by atoms with E-state index in [9.17, 15) is 0 Å². The molecular formula is C19H25NO2. The lowest BCUT2D eigenvalue weighted by Crippen LogP contribution is -1.95. The molecule has 3 N–H and O–H groups in total. The second-order valence-corrected chi connectivity index (χ2v) is 5.21. The van der Waals surface area contributed by atoms with Gasteiger partial charge in [0.25, 0.3) is 0 Å². The molecule has 0 saturated carbocycles. The first-order valence-corrected chi connectivity index (χ1v) is 7.67. The minimum atomic E-state index is 0. The summed E-state index contributed by atoms with van der Waals surface area (Å²) in [4.78, 5) is 4.34. The van der Waals surface area contributed by atoms with Gasteiger partial charge >= 0.3 is 0 Å². The van der Waals surface area contributed by atoms with Gasteiger partial charge in [-0.3, -0.25) is 5.26 Å². The third-order valence-corrected chi connectivity index (χ3v) is 3.65. The lowest BCUT2D eigenvalue weighted by Gasteiger charge is -2.09. The summed E-state index contributed by atoms with van der Waals surface area (Å²) in [5, 5.41) is 13.3. The molecule has 0 aliphatic carbocycles. The van der Waals surface area contributed by atoms with Gasteiger partial charge in [-0.15, -0.1) is 0 Å². The van der Waals surface area contributed by atoms with Gasteiger partial charge in [0, 0.05) is 1.43 Å². The normalized spacial score (nSPS) is 10.5. The molecule has 0 spiro atoms. The molecule has 3 aromatic carbocycles. The number of rotatable bonds is 4. The fraction of sp³-hybridized carbons (Fsp3) is 0.263. The molecule has 0 saturated heterocycles. The van der Waals surface area contributed by atoms with E-state index in [4.69, 9.17) is 11.0 Å². The second kappa shape index (κ2) is 8.49. The van der Waals surface area contributed by atoms with E-state index in [1.165, 1.54) is 23.6 Å². The summed E-state index contributed by atoms with van der Waals surface area (Å²) in [5.74, 6) is 0. The molecule has 0 amide bonds. The fourth-order valence-electron chi connectivity index (χ4n) is 2.53. The Bertz CT molecular complexity index is 675. The third-order valence-electron chi connectivity index (χ3n) is 3.65. The monoisotopic (exact) mass is 299 g/mol. The highest BCUT2D eigenvalue weighted by atomic mass is 17.1. The van der Waals surface area contributed by atoms with Gasteiger partial charge in [-0.2, -0.15) is 0 Å². The number of hydrogen-bond donors (Lipinski definition) is 2. The van der Waals surface area contributed by atoms with Crippen molar-refractivity contribution in [2.75, 3.05) is 6.54 Å². The van der Waals surface area contributed by atoms with Gasteiger partial charge in [0.1, 0.15) is 6.61 Å². The van der Waals surface area contributed by atoms with Crippen molar-refractivity contribution in [1.29, 1.82) is 0 Å². The number of fused-ring (bicyclic) bond motifs is 2. The molecule has 3 rings (SSSR count). The number of nitrogens with two attached hydrogens (primary N) is 1. The highest BCUT2D eigenvalue weighted by Gasteiger charge is 2.06. The summed E-state index contributed by atoms with van der Waals surface area (Å²) in [6.45, 7) is 3.19. The Labute approximate surface area is 132 Å². The van der Waals surface area contributed by atoms with E-state index in [1.54, 1.807) is 0 Å². The second-order valence-electron chi connectivity index (χ2n) is 5.21. The van der Waals surface area contributed by atoms with Crippen molar-refractivity contribution in [3.63, 3.8) is 0 Å². The first kappa shape index (κ1) is 16.4. The lowest BCUT2D eigenvalue weighted by molar-refractivity contribution is -0.252. The molecule has 0 bridgehead atoms. The van der Waals surface area contributed by atoms with Crippen molar-refractivity contribution in [3.8, 4) is 0 Å². The molecule has 0 heterocycles. The fourth-order valence-corrected chi connectivity index (χ4v) is 2.53. The average Bonchev–Trinajstić information content (AvgIpc) is 2.56. The maximum Gasteiger partial charge on any atom is 0.108 e. The van der Waals surface area contributed by atoms with Crippen LogP contribution in [0, 0.1) is 0 Å². The Balaban J connectivity index is 0.000000390. The van der Waals surface area contributed by atoms with Crippen LogP contribution in [0.5, 0.6) is 0 Å². The van der Waals surface area contributed by atoms with Gasteiger partial charge in [0.05, 0.1) is 0 Å². The SMILES string of the molecule is CCCCN.OOCc1c2ccccc2cc2ccccc12.[HH]. The van der Waals surface area contributed by atoms with Gasteiger partial charge in [0.15, 0.2) is 0 Å². The predicted octanol–water partition coefficient (Wildman–Crippen LogP) is 4.97. The van der Waals surface area contributed by atoms with E-state index >= 15 is 0 Å². The minimum absolute atomic E-state index is 0. The summed E-state index contributed by atoms with van der Waals surface area (Å²) in [5.41, 5.74) is 6.17. The van der Waals surface area contributed by atoms with Crippen LogP contribution in [0.2, 0.25) is 0 Å². The predicted molar refractivity (Wildman–Crippen MR) is 94.9 cm³/mol. The van der Waals surface area contributed by atoms with Crippen LogP contribution in [0.3, 0.4) is 0 Å². The van der Waals surface area contributed by atoms with E-state index in [0.717, 1.165) is 22.9 Å². The summed E-state index contributed by atoms with van der Waals surface area (Å²) < 4.78 is 0. The van der Waals surface area contributed by atoms with Crippen LogP contribution in [0.1, 0.15) is 26.8 Å². The Kier molecular flexibility index (Phi) is 6.34. The van der Waals surface area contributed by atoms with E-state index in [1.807, 2.05) is 24.3 Å². The first-order chi connectivity index (χ1) is 10.8. The molecule has 3 heteroatoms. The van der Waals surface area contributed by atoms with Crippen molar-refractivity contribution in [2.45, 2.75) is 26.4 Å². The maximum atomic E-state index is 8.74. The molecule has 0 unspecified atom stereocenters. The zero-order valence-corrected chi connectivity index (χ0v) is 13.0. The molecule has 0 atom stereocenters. The zero-order chi connectivity index (χ0) is 15.8.